The van der Waals surface area contributed by atoms with Crippen LogP contribution in [0.1, 0.15) is 30.9 Å². The molecule has 1 fully saturated rings. The number of ether oxygens (including phenoxy) is 3. The summed E-state index contributed by atoms with van der Waals surface area (Å²) in [6.07, 6.45) is 2.41. The molecule has 0 unspecified atom stereocenters. The third-order valence-electron chi connectivity index (χ3n) is 4.40. The van der Waals surface area contributed by atoms with Crippen LogP contribution in [-0.2, 0) is 11.3 Å². The maximum Gasteiger partial charge on any atom is 0.161 e. The van der Waals surface area contributed by atoms with E-state index in [1.807, 2.05) is 31.2 Å². The Hall–Kier alpha value is -1.53. The Labute approximate surface area is 181 Å². The second kappa shape index (κ2) is 10.3. The molecule has 28 heavy (non-hydrogen) atoms. The van der Waals surface area contributed by atoms with Crippen LogP contribution in [0.15, 0.2) is 36.4 Å². The summed E-state index contributed by atoms with van der Waals surface area (Å²) in [5.74, 6) is 1.31. The summed E-state index contributed by atoms with van der Waals surface area (Å²) in [6, 6.07) is 11.1. The molecule has 3 rings (SSSR count). The van der Waals surface area contributed by atoms with Crippen molar-refractivity contribution in [1.29, 1.82) is 0 Å². The SMILES string of the molecule is CCOc1cc(C(=S)NC[C@H]2CCCO2)ccc1OCc1ccc(Cl)c(Cl)c1. The van der Waals surface area contributed by atoms with Gasteiger partial charge in [0.05, 0.1) is 22.8 Å². The van der Waals surface area contributed by atoms with Crippen molar-refractivity contribution < 1.29 is 14.2 Å². The average molecular weight is 440 g/mol. The molecule has 1 aliphatic rings. The van der Waals surface area contributed by atoms with Crippen molar-refractivity contribution >= 4 is 40.4 Å². The second-order valence-electron chi connectivity index (χ2n) is 6.48. The highest BCUT2D eigenvalue weighted by Crippen LogP contribution is 2.30. The third kappa shape index (κ3) is 5.74. The molecule has 0 radical (unpaired) electrons. The van der Waals surface area contributed by atoms with Crippen LogP contribution in [0.5, 0.6) is 11.5 Å². The van der Waals surface area contributed by atoms with Gasteiger partial charge in [-0.3, -0.25) is 0 Å². The molecule has 0 aromatic heterocycles. The van der Waals surface area contributed by atoms with Crippen molar-refractivity contribution in [3.63, 3.8) is 0 Å². The maximum absolute atomic E-state index is 6.07. The van der Waals surface area contributed by atoms with Gasteiger partial charge in [0.1, 0.15) is 11.6 Å². The normalized spacial score (nSPS) is 16.0. The molecule has 2 aromatic rings. The summed E-state index contributed by atoms with van der Waals surface area (Å²) >= 11 is 17.5. The molecule has 0 saturated carbocycles. The second-order valence-corrected chi connectivity index (χ2v) is 7.70. The lowest BCUT2D eigenvalue weighted by molar-refractivity contribution is 0.114. The van der Waals surface area contributed by atoms with Crippen molar-refractivity contribution in [1.82, 2.24) is 5.32 Å². The maximum atomic E-state index is 6.07. The summed E-state index contributed by atoms with van der Waals surface area (Å²) in [6.45, 7) is 4.38. The van der Waals surface area contributed by atoms with Gasteiger partial charge in [0, 0.05) is 18.7 Å². The highest BCUT2D eigenvalue weighted by atomic mass is 35.5. The van der Waals surface area contributed by atoms with Gasteiger partial charge in [-0.2, -0.15) is 0 Å². The minimum atomic E-state index is 0.234. The summed E-state index contributed by atoms with van der Waals surface area (Å²) in [5.41, 5.74) is 1.81. The number of halogens is 2. The molecular formula is C21H23Cl2NO3S. The van der Waals surface area contributed by atoms with Gasteiger partial charge in [-0.05, 0) is 55.7 Å². The molecule has 150 valence electrons. The quantitative estimate of drug-likeness (QED) is 0.556. The van der Waals surface area contributed by atoms with Crippen LogP contribution in [0.4, 0.5) is 0 Å². The number of hydrogen-bond acceptors (Lipinski definition) is 4. The standard InChI is InChI=1S/C21H23Cl2NO3S/c1-2-25-20-11-15(21(28)24-12-16-4-3-9-26-16)6-8-19(20)27-13-14-5-7-17(22)18(23)10-14/h5-8,10-11,16H,2-4,9,12-13H2,1H3,(H,24,28)/t16-/m1/s1. The topological polar surface area (TPSA) is 39.7 Å². The van der Waals surface area contributed by atoms with Crippen LogP contribution in [0, 0.1) is 0 Å². The highest BCUT2D eigenvalue weighted by Gasteiger charge is 2.16. The first-order valence-corrected chi connectivity index (χ1v) is 10.5. The molecule has 1 aliphatic heterocycles. The predicted molar refractivity (Wildman–Crippen MR) is 117 cm³/mol. The first kappa shape index (κ1) is 21.2. The van der Waals surface area contributed by atoms with Gasteiger partial charge in [0.15, 0.2) is 11.5 Å². The molecular weight excluding hydrogens is 417 g/mol. The summed E-state index contributed by atoms with van der Waals surface area (Å²) in [4.78, 5) is 0.674. The minimum Gasteiger partial charge on any atom is -0.490 e. The Kier molecular flexibility index (Phi) is 7.80. The van der Waals surface area contributed by atoms with E-state index in [2.05, 4.69) is 5.32 Å². The lowest BCUT2D eigenvalue weighted by atomic mass is 10.2. The third-order valence-corrected chi connectivity index (χ3v) is 5.52. The average Bonchev–Trinajstić information content (AvgIpc) is 3.21. The lowest BCUT2D eigenvalue weighted by Crippen LogP contribution is -2.31. The fourth-order valence-corrected chi connectivity index (χ4v) is 3.47. The summed E-state index contributed by atoms with van der Waals surface area (Å²) in [7, 11) is 0. The van der Waals surface area contributed by atoms with E-state index in [4.69, 9.17) is 49.6 Å². The molecule has 4 nitrogen and oxygen atoms in total. The molecule has 0 aliphatic carbocycles. The van der Waals surface area contributed by atoms with Crippen LogP contribution in [-0.4, -0.2) is 30.9 Å². The van der Waals surface area contributed by atoms with Crippen LogP contribution >= 0.6 is 35.4 Å². The molecule has 2 aromatic carbocycles. The molecule has 1 N–H and O–H groups in total. The van der Waals surface area contributed by atoms with Gasteiger partial charge >= 0.3 is 0 Å². The minimum absolute atomic E-state index is 0.234. The fourth-order valence-electron chi connectivity index (χ4n) is 2.94. The Balaban J connectivity index is 1.65. The first-order valence-electron chi connectivity index (χ1n) is 9.30. The predicted octanol–water partition coefficient (Wildman–Crippen LogP) is 5.42. The molecule has 1 saturated heterocycles. The number of hydrogen-bond donors (Lipinski definition) is 1. The van der Waals surface area contributed by atoms with Crippen LogP contribution in [0.25, 0.3) is 0 Å². The monoisotopic (exact) mass is 439 g/mol. The van der Waals surface area contributed by atoms with Gasteiger partial charge in [0.2, 0.25) is 0 Å². The molecule has 0 amide bonds. The highest BCUT2D eigenvalue weighted by molar-refractivity contribution is 7.80. The Bertz CT molecular complexity index is 825. The van der Waals surface area contributed by atoms with Crippen LogP contribution in [0.3, 0.4) is 0 Å². The van der Waals surface area contributed by atoms with E-state index in [-0.39, 0.29) is 6.10 Å². The van der Waals surface area contributed by atoms with Crippen molar-refractivity contribution in [3.8, 4) is 11.5 Å². The van der Waals surface area contributed by atoms with Gasteiger partial charge in [-0.25, -0.2) is 0 Å². The molecule has 0 bridgehead atoms. The number of rotatable bonds is 8. The van der Waals surface area contributed by atoms with Crippen molar-refractivity contribution in [3.05, 3.63) is 57.6 Å². The van der Waals surface area contributed by atoms with Crippen molar-refractivity contribution in [2.75, 3.05) is 19.8 Å². The van der Waals surface area contributed by atoms with Gasteiger partial charge in [-0.15, -0.1) is 0 Å². The summed E-state index contributed by atoms with van der Waals surface area (Å²) in [5, 5.41) is 4.31. The fraction of sp³-hybridized carbons (Fsp3) is 0.381. The van der Waals surface area contributed by atoms with Gasteiger partial charge in [-0.1, -0.05) is 41.5 Å². The van der Waals surface area contributed by atoms with Crippen LogP contribution < -0.4 is 14.8 Å². The van der Waals surface area contributed by atoms with E-state index in [1.165, 1.54) is 0 Å². The van der Waals surface area contributed by atoms with Gasteiger partial charge < -0.3 is 19.5 Å². The molecule has 1 atom stereocenters. The van der Waals surface area contributed by atoms with E-state index in [9.17, 15) is 0 Å². The Morgan fingerprint density at radius 1 is 1.14 bits per heavy atom. The van der Waals surface area contributed by atoms with Crippen LogP contribution in [0.2, 0.25) is 10.0 Å². The number of thiocarbonyl (C=S) groups is 1. The Morgan fingerprint density at radius 3 is 2.71 bits per heavy atom. The van der Waals surface area contributed by atoms with Gasteiger partial charge in [0.25, 0.3) is 0 Å². The zero-order valence-electron chi connectivity index (χ0n) is 15.7. The van der Waals surface area contributed by atoms with E-state index < -0.39 is 0 Å². The zero-order chi connectivity index (χ0) is 19.9. The molecule has 1 heterocycles. The van der Waals surface area contributed by atoms with E-state index in [0.29, 0.717) is 39.7 Å². The van der Waals surface area contributed by atoms with E-state index in [0.717, 1.165) is 37.1 Å². The number of benzene rings is 2. The first-order chi connectivity index (χ1) is 13.6. The zero-order valence-corrected chi connectivity index (χ0v) is 18.0. The molecule has 0 spiro atoms. The van der Waals surface area contributed by atoms with Crippen molar-refractivity contribution in [2.45, 2.75) is 32.5 Å². The number of nitrogens with one attached hydrogen (secondary N) is 1. The smallest absolute Gasteiger partial charge is 0.161 e. The largest absolute Gasteiger partial charge is 0.490 e. The lowest BCUT2D eigenvalue weighted by Gasteiger charge is -2.16. The van der Waals surface area contributed by atoms with E-state index >= 15 is 0 Å². The molecule has 7 heteroatoms. The summed E-state index contributed by atoms with van der Waals surface area (Å²) < 4.78 is 17.3. The van der Waals surface area contributed by atoms with E-state index in [1.54, 1.807) is 12.1 Å². The Morgan fingerprint density at radius 2 is 2.00 bits per heavy atom. The van der Waals surface area contributed by atoms with Crippen molar-refractivity contribution in [2.24, 2.45) is 0 Å².